The predicted molar refractivity (Wildman–Crippen MR) is 73.4 cm³/mol. The van der Waals surface area contributed by atoms with Gasteiger partial charge in [0.2, 0.25) is 0 Å². The van der Waals surface area contributed by atoms with Gasteiger partial charge in [0.05, 0.1) is 7.11 Å². The van der Waals surface area contributed by atoms with Crippen molar-refractivity contribution in [3.63, 3.8) is 0 Å². The van der Waals surface area contributed by atoms with Crippen molar-refractivity contribution in [1.29, 1.82) is 0 Å². The Bertz CT molecular complexity index is 358. The van der Waals surface area contributed by atoms with Gasteiger partial charge < -0.3 is 4.74 Å². The third-order valence-electron chi connectivity index (χ3n) is 1.58. The second-order valence-corrected chi connectivity index (χ2v) is 4.64. The lowest BCUT2D eigenvalue weighted by atomic mass is 10.2. The normalized spacial score (nSPS) is 11.9. The van der Waals surface area contributed by atoms with Gasteiger partial charge in [-0.15, -0.1) is 0 Å². The Morgan fingerprint density at radius 3 is 2.29 bits per heavy atom. The van der Waals surface area contributed by atoms with Crippen molar-refractivity contribution in [2.75, 3.05) is 7.11 Å². The lowest BCUT2D eigenvalue weighted by Crippen LogP contribution is -2.00. The van der Waals surface area contributed by atoms with Crippen LogP contribution in [0.1, 0.15) is 5.56 Å². The van der Waals surface area contributed by atoms with E-state index in [1.807, 2.05) is 52.9 Å². The summed E-state index contributed by atoms with van der Waals surface area (Å²) < 4.78 is 6.17. The minimum absolute atomic E-state index is 0.293. The minimum Gasteiger partial charge on any atom is -0.465 e. The summed E-state index contributed by atoms with van der Waals surface area (Å²) in [6.07, 6.45) is 0. The largest absolute Gasteiger partial charge is 0.465 e. The highest BCUT2D eigenvalue weighted by molar-refractivity contribution is 14.1. The first-order valence-corrected chi connectivity index (χ1v) is 6.01. The highest BCUT2D eigenvalue weighted by Gasteiger charge is 2.11. The third-order valence-corrected chi connectivity index (χ3v) is 4.76. The Balaban J connectivity index is 3.05. The highest BCUT2D eigenvalue weighted by Crippen LogP contribution is 2.29. The predicted octanol–water partition coefficient (Wildman–Crippen LogP) is 3.40. The number of ether oxygens (including phenoxy) is 1. The SMILES string of the molecule is COC(=O)/C(I)=C(\I)c1ccccc1. The smallest absolute Gasteiger partial charge is 0.345 e. The summed E-state index contributed by atoms with van der Waals surface area (Å²) in [7, 11) is 1.38. The Morgan fingerprint density at radius 1 is 1.21 bits per heavy atom. The summed E-state index contributed by atoms with van der Waals surface area (Å²) in [6.45, 7) is 0. The number of benzene rings is 1. The van der Waals surface area contributed by atoms with E-state index in [0.29, 0.717) is 3.58 Å². The first-order valence-electron chi connectivity index (χ1n) is 3.86. The topological polar surface area (TPSA) is 26.3 Å². The molecule has 0 bridgehead atoms. The fraction of sp³-hybridized carbons (Fsp3) is 0.100. The van der Waals surface area contributed by atoms with Crippen molar-refractivity contribution in [3.8, 4) is 0 Å². The van der Waals surface area contributed by atoms with Gasteiger partial charge in [0.25, 0.3) is 0 Å². The van der Waals surface area contributed by atoms with Gasteiger partial charge in [0, 0.05) is 3.58 Å². The molecule has 0 unspecified atom stereocenters. The van der Waals surface area contributed by atoms with Gasteiger partial charge in [0.1, 0.15) is 3.58 Å². The Kier molecular flexibility index (Phi) is 4.86. The summed E-state index contributed by atoms with van der Waals surface area (Å²) in [5, 5.41) is 0. The fourth-order valence-corrected chi connectivity index (χ4v) is 2.00. The standard InChI is InChI=1S/C10H8I2O2/c1-14-10(13)9(12)8(11)7-5-3-2-4-6-7/h2-6H,1H3/b9-8+. The molecule has 0 aliphatic carbocycles. The van der Waals surface area contributed by atoms with Gasteiger partial charge in [-0.05, 0) is 50.7 Å². The number of carbonyl (C=O) groups is 1. The zero-order valence-electron chi connectivity index (χ0n) is 7.46. The molecule has 0 fully saturated rings. The molecular weight excluding hydrogens is 406 g/mol. The van der Waals surface area contributed by atoms with Crippen molar-refractivity contribution in [2.24, 2.45) is 0 Å². The van der Waals surface area contributed by atoms with E-state index in [2.05, 4.69) is 27.3 Å². The zero-order valence-corrected chi connectivity index (χ0v) is 11.8. The molecule has 0 aromatic heterocycles. The van der Waals surface area contributed by atoms with Crippen molar-refractivity contribution in [3.05, 3.63) is 39.5 Å². The lowest BCUT2D eigenvalue weighted by Gasteiger charge is -2.02. The second-order valence-electron chi connectivity index (χ2n) is 2.49. The number of esters is 1. The number of hydrogen-bond acceptors (Lipinski definition) is 2. The van der Waals surface area contributed by atoms with E-state index in [1.165, 1.54) is 7.11 Å². The maximum absolute atomic E-state index is 11.2. The lowest BCUT2D eigenvalue weighted by molar-refractivity contribution is -0.134. The third kappa shape index (κ3) is 2.94. The first-order chi connectivity index (χ1) is 6.66. The van der Waals surface area contributed by atoms with Crippen LogP contribution in [0.25, 0.3) is 3.58 Å². The molecule has 0 aliphatic rings. The molecule has 1 aromatic carbocycles. The molecule has 4 heteroatoms. The van der Waals surface area contributed by atoms with E-state index >= 15 is 0 Å². The van der Waals surface area contributed by atoms with Crippen LogP contribution in [0.15, 0.2) is 33.9 Å². The molecule has 0 amide bonds. The first kappa shape index (κ1) is 12.0. The van der Waals surface area contributed by atoms with Crippen LogP contribution < -0.4 is 0 Å². The van der Waals surface area contributed by atoms with Crippen LogP contribution in [0.3, 0.4) is 0 Å². The zero-order chi connectivity index (χ0) is 10.6. The quantitative estimate of drug-likeness (QED) is 0.422. The molecule has 0 N–H and O–H groups in total. The number of rotatable bonds is 2. The summed E-state index contributed by atoms with van der Waals surface area (Å²) in [6, 6.07) is 9.75. The number of methoxy groups -OCH3 is 1. The van der Waals surface area contributed by atoms with E-state index in [-0.39, 0.29) is 5.97 Å². The second kappa shape index (κ2) is 5.69. The van der Waals surface area contributed by atoms with Crippen LogP contribution in [0, 0.1) is 0 Å². The fourth-order valence-electron chi connectivity index (χ4n) is 0.890. The van der Waals surface area contributed by atoms with E-state index in [1.54, 1.807) is 0 Å². The molecule has 0 radical (unpaired) electrons. The van der Waals surface area contributed by atoms with Crippen molar-refractivity contribution in [1.82, 2.24) is 0 Å². The molecule has 0 atom stereocenters. The van der Waals surface area contributed by atoms with Crippen LogP contribution in [-0.4, -0.2) is 13.1 Å². The summed E-state index contributed by atoms with van der Waals surface area (Å²) in [4.78, 5) is 11.2. The molecule has 14 heavy (non-hydrogen) atoms. The van der Waals surface area contributed by atoms with Gasteiger partial charge >= 0.3 is 5.97 Å². The number of halogens is 2. The molecule has 2 nitrogen and oxygen atoms in total. The van der Waals surface area contributed by atoms with Crippen LogP contribution in [0.4, 0.5) is 0 Å². The van der Waals surface area contributed by atoms with Gasteiger partial charge in [0.15, 0.2) is 0 Å². The molecule has 74 valence electrons. The van der Waals surface area contributed by atoms with Gasteiger partial charge in [-0.2, -0.15) is 0 Å². The average molecular weight is 414 g/mol. The monoisotopic (exact) mass is 414 g/mol. The van der Waals surface area contributed by atoms with Crippen molar-refractivity contribution < 1.29 is 9.53 Å². The maximum atomic E-state index is 11.2. The number of hydrogen-bond donors (Lipinski definition) is 0. The summed E-state index contributed by atoms with van der Waals surface area (Å²) in [5.74, 6) is -0.293. The van der Waals surface area contributed by atoms with Gasteiger partial charge in [-0.1, -0.05) is 30.3 Å². The van der Waals surface area contributed by atoms with Crippen molar-refractivity contribution >= 4 is 54.7 Å². The molecule has 1 rings (SSSR count). The van der Waals surface area contributed by atoms with Gasteiger partial charge in [-0.3, -0.25) is 0 Å². The molecule has 0 saturated carbocycles. The van der Waals surface area contributed by atoms with E-state index in [9.17, 15) is 4.79 Å². The maximum Gasteiger partial charge on any atom is 0.345 e. The van der Waals surface area contributed by atoms with Gasteiger partial charge in [-0.25, -0.2) is 4.79 Å². The molecule has 0 spiro atoms. The summed E-state index contributed by atoms with van der Waals surface area (Å²) >= 11 is 4.14. The molecule has 1 aromatic rings. The molecular formula is C10H8I2O2. The van der Waals surface area contributed by atoms with Crippen LogP contribution in [0.5, 0.6) is 0 Å². The molecule has 0 saturated heterocycles. The summed E-state index contributed by atoms with van der Waals surface area (Å²) in [5.41, 5.74) is 1.03. The highest BCUT2D eigenvalue weighted by atomic mass is 127. The Hall–Kier alpha value is -0.110. The Labute approximate surface area is 110 Å². The average Bonchev–Trinajstić information content (AvgIpc) is 2.27. The van der Waals surface area contributed by atoms with E-state index < -0.39 is 0 Å². The molecule has 0 aliphatic heterocycles. The minimum atomic E-state index is -0.293. The Morgan fingerprint density at radius 2 is 1.79 bits per heavy atom. The number of carbonyl (C=O) groups excluding carboxylic acids is 1. The van der Waals surface area contributed by atoms with E-state index in [0.717, 1.165) is 9.14 Å². The van der Waals surface area contributed by atoms with Crippen LogP contribution >= 0.6 is 45.2 Å². The van der Waals surface area contributed by atoms with Crippen LogP contribution in [-0.2, 0) is 9.53 Å². The molecule has 0 heterocycles. The van der Waals surface area contributed by atoms with Crippen LogP contribution in [0.2, 0.25) is 0 Å². The van der Waals surface area contributed by atoms with Crippen molar-refractivity contribution in [2.45, 2.75) is 0 Å². The van der Waals surface area contributed by atoms with E-state index in [4.69, 9.17) is 0 Å².